The zero-order chi connectivity index (χ0) is 27.0. The Morgan fingerprint density at radius 2 is 1.97 bits per heavy atom. The van der Waals surface area contributed by atoms with Crippen LogP contribution < -0.4 is 0 Å². The van der Waals surface area contributed by atoms with Gasteiger partial charge in [-0.15, -0.1) is 0 Å². The lowest BCUT2D eigenvalue weighted by atomic mass is 9.45. The Labute approximate surface area is 228 Å². The van der Waals surface area contributed by atoms with Gasteiger partial charge in [-0.05, 0) is 97.6 Å². The van der Waals surface area contributed by atoms with Crippen molar-refractivity contribution >= 4 is 30.5 Å². The molecule has 5 unspecified atom stereocenters. The molecule has 3 saturated carbocycles. The van der Waals surface area contributed by atoms with E-state index in [-0.39, 0.29) is 40.5 Å². The molecule has 4 aliphatic carbocycles. The molecule has 0 saturated heterocycles. The van der Waals surface area contributed by atoms with Crippen LogP contribution in [0.25, 0.3) is 11.8 Å². The molecule has 0 aliphatic heterocycles. The van der Waals surface area contributed by atoms with Gasteiger partial charge in [0.25, 0.3) is 0 Å². The Balaban J connectivity index is 1.37. The predicted octanol–water partition coefficient (Wildman–Crippen LogP) is 4.97. The van der Waals surface area contributed by atoms with E-state index in [0.29, 0.717) is 12.8 Å². The fourth-order valence-corrected chi connectivity index (χ4v) is 9.27. The topological polar surface area (TPSA) is 81.4 Å². The number of carbonyl (C=O) groups excluding carboxylic acids is 2. The van der Waals surface area contributed by atoms with Gasteiger partial charge in [-0.1, -0.05) is 19.4 Å². The van der Waals surface area contributed by atoms with Crippen LogP contribution in [0.5, 0.6) is 0 Å². The fourth-order valence-electron chi connectivity index (χ4n) is 9.02. The van der Waals surface area contributed by atoms with Gasteiger partial charge in [0, 0.05) is 12.3 Å². The number of hydrogen-bond donors (Lipinski definition) is 2. The number of ether oxygens (including phenoxy) is 1. The number of aromatic nitrogens is 2. The first kappa shape index (κ1) is 25.8. The molecule has 0 spiro atoms. The van der Waals surface area contributed by atoms with Crippen LogP contribution in [0.2, 0.25) is 0 Å². The van der Waals surface area contributed by atoms with Crippen molar-refractivity contribution in [1.82, 2.24) is 9.78 Å². The number of carbonyl (C=O) groups is 2. The van der Waals surface area contributed by atoms with Gasteiger partial charge in [-0.2, -0.15) is 17.7 Å². The van der Waals surface area contributed by atoms with Crippen molar-refractivity contribution in [3.63, 3.8) is 0 Å². The second-order valence-electron chi connectivity index (χ2n) is 12.3. The molecule has 2 aromatic rings. The average molecular weight is 539 g/mol. The van der Waals surface area contributed by atoms with E-state index in [9.17, 15) is 19.1 Å². The van der Waals surface area contributed by atoms with Gasteiger partial charge < -0.3 is 9.84 Å². The van der Waals surface area contributed by atoms with Gasteiger partial charge in [0.2, 0.25) is 0 Å². The molecule has 7 atom stereocenters. The Kier molecular flexibility index (Phi) is 5.96. The first-order valence-electron chi connectivity index (χ1n) is 13.6. The lowest BCUT2D eigenvalue weighted by molar-refractivity contribution is -0.198. The highest BCUT2D eigenvalue weighted by Gasteiger charge is 2.70. The normalized spacial score (nSPS) is 37.4. The number of hydrogen-bond acceptors (Lipinski definition) is 6. The Bertz CT molecular complexity index is 1340. The number of esters is 1. The molecule has 1 aromatic carbocycles. The minimum absolute atomic E-state index is 0.00516. The summed E-state index contributed by atoms with van der Waals surface area (Å²) in [6.45, 7) is 5.68. The molecule has 6 nitrogen and oxygen atoms in total. The van der Waals surface area contributed by atoms with E-state index < -0.39 is 23.1 Å². The van der Waals surface area contributed by atoms with Crippen molar-refractivity contribution in [3.8, 4) is 5.69 Å². The largest absolute Gasteiger partial charge is 0.451 e. The number of allylic oxidation sites excluding steroid dienone is 1. The lowest BCUT2D eigenvalue weighted by Crippen LogP contribution is -2.63. The molecule has 1 heterocycles. The van der Waals surface area contributed by atoms with E-state index in [1.165, 1.54) is 24.6 Å². The quantitative estimate of drug-likeness (QED) is 0.425. The summed E-state index contributed by atoms with van der Waals surface area (Å²) in [6.07, 6.45) is 7.75. The minimum atomic E-state index is -1.23. The highest BCUT2D eigenvalue weighted by atomic mass is 32.1. The third-order valence-corrected chi connectivity index (χ3v) is 10.8. The Hall–Kier alpha value is -2.45. The summed E-state index contributed by atoms with van der Waals surface area (Å²) in [7, 11) is 0. The zero-order valence-corrected chi connectivity index (χ0v) is 23.0. The molecule has 1 N–H and O–H groups in total. The molecule has 0 bridgehead atoms. The van der Waals surface area contributed by atoms with Crippen LogP contribution in [-0.2, 0) is 20.7 Å². The SMILES string of the molecule is CC(=O)OC1(C(=O)CS)CC[C@H]2C3CCC4=Cc5c(cnn5-c5ccc(F)cc5)CC4(C)[C@H]3C(O)CC21C. The van der Waals surface area contributed by atoms with Crippen LogP contribution in [0.15, 0.2) is 36.0 Å². The standard InChI is InChI=1S/C30H35FN2O4S/c1-17(34)37-30(26(36)16-38)11-10-23-22-9-4-19-12-24-18(15-32-33(24)21-7-5-20(31)6-8-21)13-28(19,2)27(22)25(35)14-29(23,30)3/h5-8,12,15,22-23,25,27,35,38H,4,9-11,13-14,16H2,1-3H3/t22?,23-,25?,27+,28?,29?,30?/m0/s1. The molecule has 1 aromatic heterocycles. The third kappa shape index (κ3) is 3.45. The van der Waals surface area contributed by atoms with Gasteiger partial charge in [0.1, 0.15) is 5.82 Å². The van der Waals surface area contributed by atoms with Crippen molar-refractivity contribution in [2.75, 3.05) is 5.75 Å². The van der Waals surface area contributed by atoms with Gasteiger partial charge in [-0.25, -0.2) is 9.07 Å². The second kappa shape index (κ2) is 8.78. The third-order valence-electron chi connectivity index (χ3n) is 10.5. The number of ketones is 1. The van der Waals surface area contributed by atoms with E-state index in [4.69, 9.17) is 4.74 Å². The zero-order valence-electron chi connectivity index (χ0n) is 22.1. The van der Waals surface area contributed by atoms with Crippen LogP contribution in [0.3, 0.4) is 0 Å². The molecule has 0 radical (unpaired) electrons. The summed E-state index contributed by atoms with van der Waals surface area (Å²) in [5, 5.41) is 16.5. The molecule has 8 heteroatoms. The number of Topliss-reactive ketones (excluding diaryl/α,β-unsaturated/α-hetero) is 1. The number of rotatable bonds is 4. The lowest BCUT2D eigenvalue weighted by Gasteiger charge is -2.60. The maximum absolute atomic E-state index is 13.5. The average Bonchev–Trinajstić information content (AvgIpc) is 3.39. The molecule has 38 heavy (non-hydrogen) atoms. The molecule has 6 rings (SSSR count). The Morgan fingerprint density at radius 3 is 2.66 bits per heavy atom. The number of thiol groups is 1. The first-order valence-corrected chi connectivity index (χ1v) is 14.2. The van der Waals surface area contributed by atoms with Gasteiger partial charge in [-0.3, -0.25) is 9.59 Å². The highest BCUT2D eigenvalue weighted by molar-refractivity contribution is 7.81. The smallest absolute Gasteiger partial charge is 0.303 e. The van der Waals surface area contributed by atoms with E-state index in [1.54, 1.807) is 12.1 Å². The fraction of sp³-hybridized carbons (Fsp3) is 0.567. The van der Waals surface area contributed by atoms with Crippen LogP contribution >= 0.6 is 12.6 Å². The number of aliphatic hydroxyl groups is 1. The molecule has 202 valence electrons. The summed E-state index contributed by atoms with van der Waals surface area (Å²) in [4.78, 5) is 25.5. The van der Waals surface area contributed by atoms with Crippen molar-refractivity contribution in [1.29, 1.82) is 0 Å². The Morgan fingerprint density at radius 1 is 1.24 bits per heavy atom. The second-order valence-corrected chi connectivity index (χ2v) is 12.6. The van der Waals surface area contributed by atoms with E-state index in [1.807, 2.05) is 17.8 Å². The van der Waals surface area contributed by atoms with Crippen LogP contribution in [0.4, 0.5) is 4.39 Å². The molecule has 3 fully saturated rings. The molecule has 0 amide bonds. The highest BCUT2D eigenvalue weighted by Crippen LogP contribution is 2.68. The summed E-state index contributed by atoms with van der Waals surface area (Å²) in [5.74, 6) is -0.488. The minimum Gasteiger partial charge on any atom is -0.451 e. The number of fused-ring (bicyclic) bond motifs is 6. The van der Waals surface area contributed by atoms with E-state index >= 15 is 0 Å². The van der Waals surface area contributed by atoms with E-state index in [2.05, 4.69) is 30.7 Å². The van der Waals surface area contributed by atoms with E-state index in [0.717, 1.165) is 42.6 Å². The first-order chi connectivity index (χ1) is 18.0. The number of nitrogens with zero attached hydrogens (tertiary/aromatic N) is 2. The number of aliphatic hydroxyl groups excluding tert-OH is 1. The summed E-state index contributed by atoms with van der Waals surface area (Å²) < 4.78 is 21.3. The van der Waals surface area contributed by atoms with Gasteiger partial charge in [0.15, 0.2) is 11.4 Å². The molecule has 4 aliphatic rings. The van der Waals surface area contributed by atoms with Crippen LogP contribution in [0.1, 0.15) is 64.1 Å². The number of benzene rings is 1. The predicted molar refractivity (Wildman–Crippen MR) is 144 cm³/mol. The number of halogens is 1. The summed E-state index contributed by atoms with van der Waals surface area (Å²) in [6, 6.07) is 6.36. The monoisotopic (exact) mass is 538 g/mol. The maximum atomic E-state index is 13.5. The molecular weight excluding hydrogens is 503 g/mol. The van der Waals surface area contributed by atoms with Crippen LogP contribution in [-0.4, -0.2) is 44.1 Å². The van der Waals surface area contributed by atoms with Crippen molar-refractivity contribution in [2.24, 2.45) is 28.6 Å². The van der Waals surface area contributed by atoms with Gasteiger partial charge in [0.05, 0.1) is 29.4 Å². The summed E-state index contributed by atoms with van der Waals surface area (Å²) >= 11 is 4.27. The summed E-state index contributed by atoms with van der Waals surface area (Å²) in [5.41, 5.74) is 2.16. The van der Waals surface area contributed by atoms with Crippen LogP contribution in [0, 0.1) is 34.4 Å². The van der Waals surface area contributed by atoms with Crippen molar-refractivity contribution < 1.29 is 23.8 Å². The maximum Gasteiger partial charge on any atom is 0.303 e. The van der Waals surface area contributed by atoms with Crippen molar-refractivity contribution in [3.05, 3.63) is 53.1 Å². The molecular formula is C30H35FN2O4S. The van der Waals surface area contributed by atoms with Crippen molar-refractivity contribution in [2.45, 2.75) is 71.0 Å². The van der Waals surface area contributed by atoms with Gasteiger partial charge >= 0.3 is 5.97 Å².